The Labute approximate surface area is 196 Å². The maximum atomic E-state index is 11.9. The molecule has 0 saturated carbocycles. The molecule has 0 heterocycles. The molecule has 5 nitrogen and oxygen atoms in total. The molecule has 0 bridgehead atoms. The van der Waals surface area contributed by atoms with Crippen molar-refractivity contribution in [3.8, 4) is 11.5 Å². The van der Waals surface area contributed by atoms with Gasteiger partial charge < -0.3 is 9.47 Å². The minimum atomic E-state index is -0.360. The van der Waals surface area contributed by atoms with Crippen molar-refractivity contribution in [2.24, 2.45) is 5.10 Å². The highest BCUT2D eigenvalue weighted by Gasteiger charge is 2.05. The molecule has 0 aliphatic carbocycles. The molecule has 0 unspecified atom stereocenters. The lowest BCUT2D eigenvalue weighted by molar-refractivity contribution is -0.123. The van der Waals surface area contributed by atoms with Crippen LogP contribution in [0.3, 0.4) is 0 Å². The minimum absolute atomic E-state index is 0.146. The Morgan fingerprint density at radius 2 is 1.80 bits per heavy atom. The highest BCUT2D eigenvalue weighted by molar-refractivity contribution is 9.11. The van der Waals surface area contributed by atoms with Crippen molar-refractivity contribution in [3.05, 3.63) is 91.8 Å². The van der Waals surface area contributed by atoms with Crippen molar-refractivity contribution in [2.75, 3.05) is 6.61 Å². The molecule has 3 aromatic rings. The van der Waals surface area contributed by atoms with Crippen molar-refractivity contribution in [3.63, 3.8) is 0 Å². The zero-order valence-corrected chi connectivity index (χ0v) is 19.6. The maximum absolute atomic E-state index is 11.9. The number of hydrogen-bond acceptors (Lipinski definition) is 4. The molecule has 0 fully saturated rings. The van der Waals surface area contributed by atoms with Gasteiger partial charge in [0.25, 0.3) is 5.91 Å². The lowest BCUT2D eigenvalue weighted by Gasteiger charge is -2.08. The fourth-order valence-corrected chi connectivity index (χ4v) is 3.73. The van der Waals surface area contributed by atoms with Crippen LogP contribution in [0.25, 0.3) is 0 Å². The van der Waals surface area contributed by atoms with Gasteiger partial charge in [-0.05, 0) is 70.0 Å². The van der Waals surface area contributed by atoms with Gasteiger partial charge in [-0.2, -0.15) is 5.10 Å². The summed E-state index contributed by atoms with van der Waals surface area (Å²) < 4.78 is 12.9. The number of ether oxygens (including phenoxy) is 2. The third-order valence-corrected chi connectivity index (χ3v) is 5.37. The number of halogens is 3. The van der Waals surface area contributed by atoms with E-state index in [0.717, 1.165) is 20.1 Å². The van der Waals surface area contributed by atoms with Crippen LogP contribution in [-0.4, -0.2) is 18.7 Å². The molecule has 0 aliphatic rings. The summed E-state index contributed by atoms with van der Waals surface area (Å²) in [7, 11) is 0. The normalized spacial score (nSPS) is 10.8. The van der Waals surface area contributed by atoms with Crippen LogP contribution in [0.5, 0.6) is 11.5 Å². The van der Waals surface area contributed by atoms with Crippen LogP contribution >= 0.6 is 43.5 Å². The van der Waals surface area contributed by atoms with Crippen molar-refractivity contribution < 1.29 is 14.3 Å². The van der Waals surface area contributed by atoms with E-state index in [4.69, 9.17) is 21.1 Å². The van der Waals surface area contributed by atoms with Crippen molar-refractivity contribution in [1.82, 2.24) is 5.43 Å². The quantitative estimate of drug-likeness (QED) is 0.277. The first kappa shape index (κ1) is 22.3. The number of hydrazone groups is 1. The standard InChI is InChI=1S/C22H17Br2ClN2O3/c23-17-7-10-21(19(24)11-17)30-14-22(28)27-26-12-15-5-8-18(9-6-15)29-13-16-3-1-2-4-20(16)25/h1-12H,13-14H2,(H,27,28)/b26-12+. The van der Waals surface area contributed by atoms with E-state index in [2.05, 4.69) is 42.4 Å². The van der Waals surface area contributed by atoms with E-state index in [-0.39, 0.29) is 12.5 Å². The summed E-state index contributed by atoms with van der Waals surface area (Å²) in [6.07, 6.45) is 1.55. The predicted molar refractivity (Wildman–Crippen MR) is 125 cm³/mol. The number of nitrogens with one attached hydrogen (secondary N) is 1. The molecule has 0 aromatic heterocycles. The fraction of sp³-hybridized carbons (Fsp3) is 0.0909. The van der Waals surface area contributed by atoms with Crippen LogP contribution in [-0.2, 0) is 11.4 Å². The molecule has 154 valence electrons. The van der Waals surface area contributed by atoms with E-state index in [1.807, 2.05) is 60.7 Å². The van der Waals surface area contributed by atoms with Gasteiger partial charge in [0.05, 0.1) is 10.7 Å². The average molecular weight is 553 g/mol. The average Bonchev–Trinajstić information content (AvgIpc) is 2.73. The van der Waals surface area contributed by atoms with Gasteiger partial charge in [-0.3, -0.25) is 4.79 Å². The maximum Gasteiger partial charge on any atom is 0.277 e. The van der Waals surface area contributed by atoms with Crippen LogP contribution in [0.15, 0.2) is 80.8 Å². The van der Waals surface area contributed by atoms with E-state index in [9.17, 15) is 4.79 Å². The summed E-state index contributed by atoms with van der Waals surface area (Å²) in [5, 5.41) is 4.62. The molecule has 3 rings (SSSR count). The summed E-state index contributed by atoms with van der Waals surface area (Å²) in [5.41, 5.74) is 4.17. The number of carbonyl (C=O) groups excluding carboxylic acids is 1. The smallest absolute Gasteiger partial charge is 0.277 e. The van der Waals surface area contributed by atoms with Crippen LogP contribution in [0.2, 0.25) is 5.02 Å². The van der Waals surface area contributed by atoms with Crippen LogP contribution in [0.4, 0.5) is 0 Å². The first-order chi connectivity index (χ1) is 14.5. The van der Waals surface area contributed by atoms with E-state index < -0.39 is 0 Å². The van der Waals surface area contributed by atoms with Gasteiger partial charge in [-0.1, -0.05) is 45.7 Å². The van der Waals surface area contributed by atoms with Crippen molar-refractivity contribution >= 4 is 55.6 Å². The van der Waals surface area contributed by atoms with Crippen molar-refractivity contribution in [1.29, 1.82) is 0 Å². The molecule has 3 aromatic carbocycles. The Morgan fingerprint density at radius 1 is 1.03 bits per heavy atom. The first-order valence-corrected chi connectivity index (χ1v) is 10.8. The van der Waals surface area contributed by atoms with Crippen LogP contribution in [0.1, 0.15) is 11.1 Å². The van der Waals surface area contributed by atoms with Gasteiger partial charge in [0, 0.05) is 15.1 Å². The first-order valence-electron chi connectivity index (χ1n) is 8.87. The molecule has 0 aliphatic heterocycles. The van der Waals surface area contributed by atoms with E-state index in [1.54, 1.807) is 12.3 Å². The van der Waals surface area contributed by atoms with E-state index in [1.165, 1.54) is 0 Å². The van der Waals surface area contributed by atoms with E-state index >= 15 is 0 Å². The van der Waals surface area contributed by atoms with Gasteiger partial charge in [0.1, 0.15) is 18.1 Å². The molecule has 0 atom stereocenters. The van der Waals surface area contributed by atoms with Crippen molar-refractivity contribution in [2.45, 2.75) is 6.61 Å². The molecule has 1 N–H and O–H groups in total. The zero-order chi connectivity index (χ0) is 21.3. The molecule has 1 amide bonds. The molecule has 8 heteroatoms. The van der Waals surface area contributed by atoms with Gasteiger partial charge in [0.2, 0.25) is 0 Å². The Hall–Kier alpha value is -2.35. The van der Waals surface area contributed by atoms with Gasteiger partial charge >= 0.3 is 0 Å². The Balaban J connectivity index is 1.44. The monoisotopic (exact) mass is 550 g/mol. The third-order valence-electron chi connectivity index (χ3n) is 3.89. The highest BCUT2D eigenvalue weighted by atomic mass is 79.9. The second kappa shape index (κ2) is 11.2. The number of amides is 1. The number of carbonyl (C=O) groups is 1. The fourth-order valence-electron chi connectivity index (χ4n) is 2.37. The molecular weight excluding hydrogens is 536 g/mol. The number of hydrogen-bond donors (Lipinski definition) is 1. The summed E-state index contributed by atoms with van der Waals surface area (Å²) in [6.45, 7) is 0.240. The minimum Gasteiger partial charge on any atom is -0.489 e. The van der Waals surface area contributed by atoms with Crippen LogP contribution in [0, 0.1) is 0 Å². The second-order valence-corrected chi connectivity index (χ2v) is 8.28. The number of benzene rings is 3. The summed E-state index contributed by atoms with van der Waals surface area (Å²) in [4.78, 5) is 11.9. The second-order valence-electron chi connectivity index (χ2n) is 6.11. The van der Waals surface area contributed by atoms with Gasteiger partial charge in [-0.15, -0.1) is 0 Å². The number of nitrogens with zero attached hydrogens (tertiary/aromatic N) is 1. The molecule has 0 spiro atoms. The predicted octanol–water partition coefficient (Wildman–Crippen LogP) is 5.97. The molecule has 30 heavy (non-hydrogen) atoms. The molecule has 0 radical (unpaired) electrons. The Morgan fingerprint density at radius 3 is 2.53 bits per heavy atom. The van der Waals surface area contributed by atoms with E-state index in [0.29, 0.717) is 23.1 Å². The SMILES string of the molecule is O=C(COc1ccc(Br)cc1Br)N/N=C/c1ccc(OCc2ccccc2Cl)cc1. The highest BCUT2D eigenvalue weighted by Crippen LogP contribution is 2.28. The third kappa shape index (κ3) is 6.86. The lowest BCUT2D eigenvalue weighted by atomic mass is 10.2. The summed E-state index contributed by atoms with van der Waals surface area (Å²) in [6, 6.07) is 20.3. The largest absolute Gasteiger partial charge is 0.489 e. The Kier molecular flexibility index (Phi) is 8.30. The zero-order valence-electron chi connectivity index (χ0n) is 15.6. The number of rotatable bonds is 8. The van der Waals surface area contributed by atoms with Crippen LogP contribution < -0.4 is 14.9 Å². The summed E-state index contributed by atoms with van der Waals surface area (Å²) in [5.74, 6) is 0.926. The molecule has 0 saturated heterocycles. The Bertz CT molecular complexity index is 1040. The molecular formula is C22H17Br2ClN2O3. The lowest BCUT2D eigenvalue weighted by Crippen LogP contribution is -2.24. The summed E-state index contributed by atoms with van der Waals surface area (Å²) >= 11 is 12.9. The topological polar surface area (TPSA) is 59.9 Å². The van der Waals surface area contributed by atoms with Gasteiger partial charge in [-0.25, -0.2) is 5.43 Å². The van der Waals surface area contributed by atoms with Gasteiger partial charge in [0.15, 0.2) is 6.61 Å².